The van der Waals surface area contributed by atoms with E-state index >= 15 is 0 Å². The molecule has 0 saturated carbocycles. The number of rotatable bonds is 4. The van der Waals surface area contributed by atoms with E-state index in [-0.39, 0.29) is 18.0 Å². The maximum absolute atomic E-state index is 12.8. The van der Waals surface area contributed by atoms with Crippen LogP contribution in [0.15, 0.2) is 29.1 Å². The van der Waals surface area contributed by atoms with Crippen LogP contribution in [0.1, 0.15) is 25.8 Å². The molecule has 2 heterocycles. The molecule has 2 aromatic heterocycles. The predicted octanol–water partition coefficient (Wildman–Crippen LogP) is 2.75. The van der Waals surface area contributed by atoms with Gasteiger partial charge in [-0.25, -0.2) is 9.67 Å². The van der Waals surface area contributed by atoms with Crippen molar-refractivity contribution in [1.29, 1.82) is 0 Å². The van der Waals surface area contributed by atoms with Gasteiger partial charge in [0.2, 0.25) is 5.91 Å². The van der Waals surface area contributed by atoms with Crippen molar-refractivity contribution >= 4 is 27.5 Å². The second-order valence-corrected chi connectivity index (χ2v) is 8.46. The minimum absolute atomic E-state index is 0.167. The number of aryl methyl sites for hydroxylation is 1. The van der Waals surface area contributed by atoms with Crippen LogP contribution in [0.5, 0.6) is 5.75 Å². The third-order valence-corrected chi connectivity index (χ3v) is 4.74. The Bertz CT molecular complexity index is 1060. The molecule has 27 heavy (non-hydrogen) atoms. The Morgan fingerprint density at radius 1 is 1.33 bits per heavy atom. The lowest BCUT2D eigenvalue weighted by atomic mass is 10.1. The molecule has 3 rings (SSSR count). The van der Waals surface area contributed by atoms with Crippen LogP contribution in [0.4, 0.5) is 0 Å². The first-order valence-electron chi connectivity index (χ1n) is 8.51. The Balaban J connectivity index is 2.14. The van der Waals surface area contributed by atoms with Gasteiger partial charge in [0.05, 0.1) is 16.8 Å². The normalized spacial score (nSPS) is 11.6. The number of carbonyl (C=O) groups excluding carboxylic acids is 1. The monoisotopic (exact) mass is 386 g/mol. The van der Waals surface area contributed by atoms with E-state index in [0.29, 0.717) is 21.7 Å². The smallest absolute Gasteiger partial charge is 0.294 e. The molecule has 0 radical (unpaired) electrons. The van der Waals surface area contributed by atoms with Gasteiger partial charge < -0.3 is 10.1 Å². The molecule has 1 aromatic carbocycles. The molecule has 1 amide bonds. The number of hydrogen-bond donors (Lipinski definition) is 1. The molecule has 0 aliphatic heterocycles. The molecular formula is C19H22N4O3S. The zero-order chi connectivity index (χ0) is 19.8. The summed E-state index contributed by atoms with van der Waals surface area (Å²) in [6, 6.07) is 7.44. The van der Waals surface area contributed by atoms with Crippen molar-refractivity contribution < 1.29 is 9.53 Å². The third kappa shape index (κ3) is 4.16. The lowest BCUT2D eigenvalue weighted by molar-refractivity contribution is -0.123. The number of thiazole rings is 1. The van der Waals surface area contributed by atoms with Gasteiger partial charge >= 0.3 is 0 Å². The van der Waals surface area contributed by atoms with Crippen molar-refractivity contribution in [2.24, 2.45) is 0 Å². The fourth-order valence-electron chi connectivity index (χ4n) is 2.73. The Kier molecular flexibility index (Phi) is 5.01. The van der Waals surface area contributed by atoms with E-state index in [9.17, 15) is 9.59 Å². The summed E-state index contributed by atoms with van der Waals surface area (Å²) in [5.41, 5.74) is 0.974. The molecule has 0 unspecified atom stereocenters. The molecule has 1 N–H and O–H groups in total. The van der Waals surface area contributed by atoms with Crippen LogP contribution in [0.2, 0.25) is 0 Å². The highest BCUT2D eigenvalue weighted by molar-refractivity contribution is 7.19. The highest BCUT2D eigenvalue weighted by atomic mass is 32.1. The van der Waals surface area contributed by atoms with Gasteiger partial charge in [-0.1, -0.05) is 12.1 Å². The van der Waals surface area contributed by atoms with E-state index in [1.807, 2.05) is 52.0 Å². The zero-order valence-corrected chi connectivity index (χ0v) is 16.8. The minimum atomic E-state index is -0.391. The van der Waals surface area contributed by atoms with Gasteiger partial charge in [0, 0.05) is 11.1 Å². The van der Waals surface area contributed by atoms with E-state index in [2.05, 4.69) is 15.4 Å². The molecule has 0 aliphatic rings. The van der Waals surface area contributed by atoms with Crippen molar-refractivity contribution in [3.05, 3.63) is 39.6 Å². The lowest BCUT2D eigenvalue weighted by Crippen LogP contribution is -2.44. The SMILES string of the molecule is COc1cccc(-c2nn(CC(=O)NC(C)(C)C)c(=O)c3nc(C)sc23)c1. The van der Waals surface area contributed by atoms with Crippen molar-refractivity contribution in [3.8, 4) is 17.0 Å². The van der Waals surface area contributed by atoms with Gasteiger partial charge in [0.25, 0.3) is 5.56 Å². The maximum Gasteiger partial charge on any atom is 0.294 e. The fraction of sp³-hybridized carbons (Fsp3) is 0.368. The van der Waals surface area contributed by atoms with Crippen molar-refractivity contribution in [1.82, 2.24) is 20.1 Å². The van der Waals surface area contributed by atoms with Crippen LogP contribution in [-0.4, -0.2) is 33.3 Å². The minimum Gasteiger partial charge on any atom is -0.497 e. The quantitative estimate of drug-likeness (QED) is 0.745. The first-order chi connectivity index (χ1) is 12.7. The molecule has 142 valence electrons. The van der Waals surface area contributed by atoms with Crippen LogP contribution >= 0.6 is 11.3 Å². The average Bonchev–Trinajstić information content (AvgIpc) is 2.97. The summed E-state index contributed by atoms with van der Waals surface area (Å²) >= 11 is 1.41. The van der Waals surface area contributed by atoms with Gasteiger partial charge in [0.15, 0.2) is 5.52 Å². The van der Waals surface area contributed by atoms with E-state index in [1.54, 1.807) is 7.11 Å². The molecule has 0 fully saturated rings. The molecule has 8 heteroatoms. The van der Waals surface area contributed by atoms with Crippen molar-refractivity contribution in [2.45, 2.75) is 39.8 Å². The molecule has 7 nitrogen and oxygen atoms in total. The Labute approximate surface area is 161 Å². The number of nitrogens with one attached hydrogen (secondary N) is 1. The van der Waals surface area contributed by atoms with Crippen molar-refractivity contribution in [2.75, 3.05) is 7.11 Å². The molecule has 0 saturated heterocycles. The largest absolute Gasteiger partial charge is 0.497 e. The highest BCUT2D eigenvalue weighted by Crippen LogP contribution is 2.31. The number of carbonyl (C=O) groups is 1. The number of methoxy groups -OCH3 is 1. The molecular weight excluding hydrogens is 364 g/mol. The van der Waals surface area contributed by atoms with E-state index in [4.69, 9.17) is 4.74 Å². The second-order valence-electron chi connectivity index (χ2n) is 7.25. The lowest BCUT2D eigenvalue weighted by Gasteiger charge is -2.20. The number of amides is 1. The van der Waals surface area contributed by atoms with Gasteiger partial charge in [0.1, 0.15) is 18.0 Å². The summed E-state index contributed by atoms with van der Waals surface area (Å²) in [6.07, 6.45) is 0. The molecule has 0 spiro atoms. The van der Waals surface area contributed by atoms with Crippen LogP contribution in [0.3, 0.4) is 0 Å². The molecule has 3 aromatic rings. The van der Waals surface area contributed by atoms with Crippen LogP contribution < -0.4 is 15.6 Å². The number of ether oxygens (including phenoxy) is 1. The first-order valence-corrected chi connectivity index (χ1v) is 9.33. The van der Waals surface area contributed by atoms with E-state index < -0.39 is 5.54 Å². The molecule has 0 atom stereocenters. The Morgan fingerprint density at radius 3 is 2.74 bits per heavy atom. The number of benzene rings is 1. The van der Waals surface area contributed by atoms with Gasteiger partial charge in [-0.3, -0.25) is 9.59 Å². The van der Waals surface area contributed by atoms with Crippen LogP contribution in [-0.2, 0) is 11.3 Å². The summed E-state index contributed by atoms with van der Waals surface area (Å²) in [4.78, 5) is 29.5. The zero-order valence-electron chi connectivity index (χ0n) is 16.0. The summed E-state index contributed by atoms with van der Waals surface area (Å²) in [6.45, 7) is 7.33. The summed E-state index contributed by atoms with van der Waals surface area (Å²) in [7, 11) is 1.59. The van der Waals surface area contributed by atoms with E-state index in [1.165, 1.54) is 16.0 Å². The summed E-state index contributed by atoms with van der Waals surface area (Å²) in [5, 5.41) is 8.11. The number of aromatic nitrogens is 3. The standard InChI is InChI=1S/C19H22N4O3S/c1-11-20-16-17(27-11)15(12-7-6-8-13(9-12)26-5)22-23(18(16)25)10-14(24)21-19(2,3)4/h6-9H,10H2,1-5H3,(H,21,24). The molecule has 0 aliphatic carbocycles. The predicted molar refractivity (Wildman–Crippen MR) is 106 cm³/mol. The number of hydrogen-bond acceptors (Lipinski definition) is 6. The van der Waals surface area contributed by atoms with Gasteiger partial charge in [-0.05, 0) is 39.8 Å². The van der Waals surface area contributed by atoms with Crippen LogP contribution in [0.25, 0.3) is 21.5 Å². The second kappa shape index (κ2) is 7.11. The van der Waals surface area contributed by atoms with Gasteiger partial charge in [-0.2, -0.15) is 5.10 Å². The summed E-state index contributed by atoms with van der Waals surface area (Å²) in [5.74, 6) is 0.409. The fourth-order valence-corrected chi connectivity index (χ4v) is 3.64. The number of nitrogens with zero attached hydrogens (tertiary/aromatic N) is 3. The first kappa shape index (κ1) is 19.0. The van der Waals surface area contributed by atoms with Gasteiger partial charge in [-0.15, -0.1) is 11.3 Å². The third-order valence-electron chi connectivity index (χ3n) is 3.76. The van der Waals surface area contributed by atoms with Crippen molar-refractivity contribution in [3.63, 3.8) is 0 Å². The molecule has 0 bridgehead atoms. The average molecular weight is 386 g/mol. The maximum atomic E-state index is 12.8. The summed E-state index contributed by atoms with van der Waals surface area (Å²) < 4.78 is 7.18. The Hall–Kier alpha value is -2.74. The van der Waals surface area contributed by atoms with E-state index in [0.717, 1.165) is 10.6 Å². The number of fused-ring (bicyclic) bond motifs is 1. The highest BCUT2D eigenvalue weighted by Gasteiger charge is 2.20. The Morgan fingerprint density at radius 2 is 2.07 bits per heavy atom. The van der Waals surface area contributed by atoms with Crippen LogP contribution in [0, 0.1) is 6.92 Å². The topological polar surface area (TPSA) is 86.1 Å².